The molecule has 0 aromatic heterocycles. The lowest BCUT2D eigenvalue weighted by Crippen LogP contribution is -2.01. The van der Waals surface area contributed by atoms with Crippen LogP contribution in [0.4, 0.5) is 5.69 Å². The van der Waals surface area contributed by atoms with Crippen molar-refractivity contribution in [1.82, 2.24) is 0 Å². The number of unbranched alkanes of at least 4 members (excludes halogenated alkanes) is 1. The van der Waals surface area contributed by atoms with Gasteiger partial charge in [-0.1, -0.05) is 15.9 Å². The van der Waals surface area contributed by atoms with Crippen LogP contribution in [0.2, 0.25) is 0 Å². The molecule has 0 spiro atoms. The smallest absolute Gasteiger partial charge is 0.122 e. The molecule has 0 radical (unpaired) electrons. The molecule has 1 rings (SSSR count). The molecule has 0 fully saturated rings. The third kappa shape index (κ3) is 4.26. The Kier molecular flexibility index (Phi) is 5.06. The Bertz CT molecular complexity index is 357. The lowest BCUT2D eigenvalue weighted by atomic mass is 10.2. The zero-order chi connectivity index (χ0) is 11.1. The quantitative estimate of drug-likeness (QED) is 0.653. The van der Waals surface area contributed by atoms with E-state index in [-0.39, 0.29) is 0 Å². The number of terminal acetylenes is 1. The molecule has 0 bridgehead atoms. The summed E-state index contributed by atoms with van der Waals surface area (Å²) in [4.78, 5) is 0. The van der Waals surface area contributed by atoms with Crippen molar-refractivity contribution in [3.05, 3.63) is 22.7 Å². The molecule has 15 heavy (non-hydrogen) atoms. The maximum absolute atomic E-state index is 5.17. The van der Waals surface area contributed by atoms with Crippen LogP contribution in [0.1, 0.15) is 12.8 Å². The first-order valence-electron chi connectivity index (χ1n) is 4.78. The molecule has 0 saturated heterocycles. The second-order valence-electron chi connectivity index (χ2n) is 3.11. The molecule has 0 atom stereocenters. The third-order valence-electron chi connectivity index (χ3n) is 1.93. The number of ether oxygens (including phenoxy) is 1. The third-order valence-corrected chi connectivity index (χ3v) is 2.39. The van der Waals surface area contributed by atoms with Gasteiger partial charge in [0.25, 0.3) is 0 Å². The summed E-state index contributed by atoms with van der Waals surface area (Å²) in [5.74, 6) is 3.45. The van der Waals surface area contributed by atoms with Gasteiger partial charge in [0.2, 0.25) is 0 Å². The Morgan fingerprint density at radius 3 is 2.93 bits per heavy atom. The second kappa shape index (κ2) is 6.36. The number of hydrogen-bond donors (Lipinski definition) is 1. The molecular formula is C12H14BrNO. The van der Waals surface area contributed by atoms with Crippen LogP contribution in [0.3, 0.4) is 0 Å². The molecule has 0 aliphatic rings. The molecule has 1 aromatic rings. The Labute approximate surface area is 99.2 Å². The average molecular weight is 268 g/mol. The first-order chi connectivity index (χ1) is 7.26. The van der Waals surface area contributed by atoms with Crippen LogP contribution in [0.5, 0.6) is 5.75 Å². The van der Waals surface area contributed by atoms with Crippen LogP contribution < -0.4 is 10.1 Å². The van der Waals surface area contributed by atoms with Crippen LogP contribution >= 0.6 is 15.9 Å². The van der Waals surface area contributed by atoms with Crippen molar-refractivity contribution in [2.24, 2.45) is 0 Å². The predicted molar refractivity (Wildman–Crippen MR) is 67.3 cm³/mol. The number of benzene rings is 1. The monoisotopic (exact) mass is 267 g/mol. The van der Waals surface area contributed by atoms with E-state index in [1.54, 1.807) is 7.11 Å². The fourth-order valence-electron chi connectivity index (χ4n) is 1.21. The van der Waals surface area contributed by atoms with Crippen LogP contribution in [0, 0.1) is 12.3 Å². The summed E-state index contributed by atoms with van der Waals surface area (Å²) in [5.41, 5.74) is 1.04. The molecule has 0 aliphatic carbocycles. The van der Waals surface area contributed by atoms with Gasteiger partial charge in [-0.25, -0.2) is 0 Å². The number of halogens is 1. The Balaban J connectivity index is 2.53. The fourth-order valence-corrected chi connectivity index (χ4v) is 1.68. The molecule has 0 aliphatic heterocycles. The molecule has 0 saturated carbocycles. The minimum atomic E-state index is 0.804. The van der Waals surface area contributed by atoms with E-state index in [4.69, 9.17) is 11.2 Å². The molecule has 0 unspecified atom stereocenters. The summed E-state index contributed by atoms with van der Waals surface area (Å²) >= 11 is 3.42. The van der Waals surface area contributed by atoms with Gasteiger partial charge in [-0.05, 0) is 18.6 Å². The van der Waals surface area contributed by atoms with Crippen molar-refractivity contribution in [3.63, 3.8) is 0 Å². The lowest BCUT2D eigenvalue weighted by Gasteiger charge is -2.08. The highest BCUT2D eigenvalue weighted by molar-refractivity contribution is 9.10. The van der Waals surface area contributed by atoms with Gasteiger partial charge in [0.15, 0.2) is 0 Å². The molecule has 1 N–H and O–H groups in total. The minimum absolute atomic E-state index is 0.804. The first-order valence-corrected chi connectivity index (χ1v) is 5.57. The van der Waals surface area contributed by atoms with Gasteiger partial charge < -0.3 is 10.1 Å². The van der Waals surface area contributed by atoms with E-state index in [1.165, 1.54) is 0 Å². The zero-order valence-electron chi connectivity index (χ0n) is 8.72. The van der Waals surface area contributed by atoms with Gasteiger partial charge in [-0.3, -0.25) is 0 Å². The highest BCUT2D eigenvalue weighted by Gasteiger charge is 1.98. The van der Waals surface area contributed by atoms with Crippen molar-refractivity contribution in [2.75, 3.05) is 19.0 Å². The van der Waals surface area contributed by atoms with E-state index in [2.05, 4.69) is 27.2 Å². The van der Waals surface area contributed by atoms with Crippen molar-refractivity contribution in [1.29, 1.82) is 0 Å². The molecule has 0 heterocycles. The van der Waals surface area contributed by atoms with Gasteiger partial charge in [0.1, 0.15) is 5.75 Å². The van der Waals surface area contributed by atoms with E-state index in [0.717, 1.165) is 35.3 Å². The van der Waals surface area contributed by atoms with Gasteiger partial charge in [-0.2, -0.15) is 0 Å². The van der Waals surface area contributed by atoms with Crippen LogP contribution in [0.15, 0.2) is 22.7 Å². The van der Waals surface area contributed by atoms with E-state index in [1.807, 2.05) is 18.2 Å². The normalized spacial score (nSPS) is 9.40. The summed E-state index contributed by atoms with van der Waals surface area (Å²) in [5, 5.41) is 3.29. The molecular weight excluding hydrogens is 254 g/mol. The average Bonchev–Trinajstić information content (AvgIpc) is 2.23. The van der Waals surface area contributed by atoms with Gasteiger partial charge in [0, 0.05) is 29.2 Å². The zero-order valence-corrected chi connectivity index (χ0v) is 10.3. The lowest BCUT2D eigenvalue weighted by molar-refractivity contribution is 0.414. The van der Waals surface area contributed by atoms with E-state index < -0.39 is 0 Å². The van der Waals surface area contributed by atoms with Crippen molar-refractivity contribution < 1.29 is 4.74 Å². The number of methoxy groups -OCH3 is 1. The van der Waals surface area contributed by atoms with Crippen molar-refractivity contribution in [3.8, 4) is 18.1 Å². The van der Waals surface area contributed by atoms with Crippen molar-refractivity contribution >= 4 is 21.6 Å². The number of nitrogens with one attached hydrogen (secondary N) is 1. The van der Waals surface area contributed by atoms with Gasteiger partial charge in [-0.15, -0.1) is 12.3 Å². The highest BCUT2D eigenvalue weighted by Crippen LogP contribution is 2.24. The summed E-state index contributed by atoms with van der Waals surface area (Å²) in [6.07, 6.45) is 6.95. The van der Waals surface area contributed by atoms with Crippen LogP contribution in [-0.4, -0.2) is 13.7 Å². The van der Waals surface area contributed by atoms with Crippen LogP contribution in [0.25, 0.3) is 0 Å². The van der Waals surface area contributed by atoms with E-state index in [0.29, 0.717) is 0 Å². The summed E-state index contributed by atoms with van der Waals surface area (Å²) in [7, 11) is 1.66. The molecule has 80 valence electrons. The maximum atomic E-state index is 5.17. The minimum Gasteiger partial charge on any atom is -0.497 e. The highest BCUT2D eigenvalue weighted by atomic mass is 79.9. The molecule has 2 nitrogen and oxygen atoms in total. The Hall–Kier alpha value is -1.14. The van der Waals surface area contributed by atoms with Crippen LogP contribution in [-0.2, 0) is 0 Å². The predicted octanol–water partition coefficient (Wildman–Crippen LogP) is 3.28. The second-order valence-corrected chi connectivity index (χ2v) is 4.03. The summed E-state index contributed by atoms with van der Waals surface area (Å²) in [6.45, 7) is 0.879. The van der Waals surface area contributed by atoms with Gasteiger partial charge >= 0.3 is 0 Å². The largest absolute Gasteiger partial charge is 0.497 e. The Morgan fingerprint density at radius 2 is 2.27 bits per heavy atom. The van der Waals surface area contributed by atoms with E-state index in [9.17, 15) is 0 Å². The van der Waals surface area contributed by atoms with Gasteiger partial charge in [0.05, 0.1) is 7.11 Å². The summed E-state index contributed by atoms with van der Waals surface area (Å²) in [6, 6.07) is 5.89. The molecule has 0 amide bonds. The summed E-state index contributed by atoms with van der Waals surface area (Å²) < 4.78 is 6.16. The Morgan fingerprint density at radius 1 is 1.47 bits per heavy atom. The number of hydrogen-bond acceptors (Lipinski definition) is 2. The topological polar surface area (TPSA) is 21.3 Å². The number of anilines is 1. The number of rotatable bonds is 5. The first kappa shape index (κ1) is 11.9. The maximum Gasteiger partial charge on any atom is 0.122 e. The fraction of sp³-hybridized carbons (Fsp3) is 0.333. The molecule has 3 heteroatoms. The standard InChI is InChI=1S/C12H14BrNO/c1-3-4-5-6-14-11-7-10(13)8-12(9-11)15-2/h1,7-9,14H,4-6H2,2H3. The SMILES string of the molecule is C#CCCCNc1cc(Br)cc(OC)c1. The molecule has 1 aromatic carbocycles. The van der Waals surface area contributed by atoms with Crippen molar-refractivity contribution in [2.45, 2.75) is 12.8 Å². The van der Waals surface area contributed by atoms with E-state index >= 15 is 0 Å².